The molecule has 0 heterocycles. The molecule has 1 aliphatic rings. The van der Waals surface area contributed by atoms with Crippen molar-refractivity contribution in [1.29, 1.82) is 0 Å². The molecule has 68 heavy (non-hydrogen) atoms. The molecule has 0 aliphatic heterocycles. The van der Waals surface area contributed by atoms with E-state index >= 15 is 0 Å². The molecule has 1 saturated carbocycles. The molecule has 0 amide bonds. The van der Waals surface area contributed by atoms with Gasteiger partial charge in [0, 0.05) is 104 Å². The molecule has 6 aromatic carbocycles. The Balaban J connectivity index is 1.37. The lowest BCUT2D eigenvalue weighted by molar-refractivity contribution is -0.0765. The van der Waals surface area contributed by atoms with E-state index in [1.54, 1.807) is 0 Å². The van der Waals surface area contributed by atoms with Gasteiger partial charge in [-0.05, 0) is 61.1 Å². The molecule has 368 valence electrons. The third kappa shape index (κ3) is 10.8. The minimum atomic E-state index is -0.987. The number of anilines is 6. The molecule has 0 spiro atoms. The third-order valence-corrected chi connectivity index (χ3v) is 15.4. The summed E-state index contributed by atoms with van der Waals surface area (Å²) in [7, 11) is 0. The maximum atomic E-state index is 13.0. The SMILES string of the molecule is CCCCCCCN(CCCCCCC)c1c2cccc(N)c2c(C2C(O)C(c3c4c(N)cccc4c(N(CCCCCCC)CCCCCCC)c4cccc(N)c34)C2O)c2c(N)cccc12. The zero-order chi connectivity index (χ0) is 48.2. The molecule has 1 fully saturated rings. The van der Waals surface area contributed by atoms with Gasteiger partial charge in [-0.15, -0.1) is 0 Å². The van der Waals surface area contributed by atoms with Crippen LogP contribution in [-0.4, -0.2) is 48.6 Å². The van der Waals surface area contributed by atoms with Crippen LogP contribution in [0.4, 0.5) is 34.1 Å². The first-order chi connectivity index (χ1) is 33.2. The van der Waals surface area contributed by atoms with Crippen LogP contribution in [0, 0.1) is 0 Å². The zero-order valence-corrected chi connectivity index (χ0v) is 42.3. The topological polar surface area (TPSA) is 151 Å². The van der Waals surface area contributed by atoms with Crippen LogP contribution in [0.1, 0.15) is 179 Å². The van der Waals surface area contributed by atoms with E-state index in [1.807, 2.05) is 48.5 Å². The summed E-state index contributed by atoms with van der Waals surface area (Å²) in [5.74, 6) is -1.35. The van der Waals surface area contributed by atoms with E-state index in [9.17, 15) is 10.2 Å². The van der Waals surface area contributed by atoms with Crippen molar-refractivity contribution in [1.82, 2.24) is 0 Å². The molecule has 8 nitrogen and oxygen atoms in total. The van der Waals surface area contributed by atoms with E-state index in [2.05, 4.69) is 61.8 Å². The molecule has 0 saturated heterocycles. The molecular weight excluding hydrogens is 837 g/mol. The standard InChI is InChI=1S/C60H86N6O2/c1-5-9-13-17-21-37-65(38-22-18-14-10-6-2)57-41-29-25-33-45(61)49(41)53(50-42(57)30-26-34-46(50)62)55-59(67)56(60(55)68)54-51-43(31-27-35-47(51)63)58(44-32-28-36-48(64)52(44)54)66(39-23-19-15-11-7-3)40-24-20-16-12-8-4/h25-36,55-56,59-60,67-68H,5-24,37-40,61-64H2,1-4H3. The normalized spacial score (nSPS) is 17.1. The zero-order valence-electron chi connectivity index (χ0n) is 42.3. The summed E-state index contributed by atoms with van der Waals surface area (Å²) >= 11 is 0. The number of unbranched alkanes of at least 4 members (excludes halogenated alkanes) is 16. The Morgan fingerprint density at radius 1 is 0.353 bits per heavy atom. The lowest BCUT2D eigenvalue weighted by Gasteiger charge is -2.49. The molecule has 6 aromatic rings. The largest absolute Gasteiger partial charge is 0.398 e. The van der Waals surface area contributed by atoms with E-state index in [-0.39, 0.29) is 0 Å². The lowest BCUT2D eigenvalue weighted by atomic mass is 9.60. The molecule has 0 atom stereocenters. The fourth-order valence-electron chi connectivity index (χ4n) is 11.8. The summed E-state index contributed by atoms with van der Waals surface area (Å²) in [6.45, 7) is 12.8. The van der Waals surface area contributed by atoms with Crippen molar-refractivity contribution < 1.29 is 10.2 Å². The molecule has 0 bridgehead atoms. The summed E-state index contributed by atoms with van der Waals surface area (Å²) in [4.78, 5) is 5.18. The van der Waals surface area contributed by atoms with Crippen LogP contribution in [0.5, 0.6) is 0 Å². The van der Waals surface area contributed by atoms with Gasteiger partial charge in [-0.1, -0.05) is 179 Å². The predicted molar refractivity (Wildman–Crippen MR) is 298 cm³/mol. The number of rotatable bonds is 28. The van der Waals surface area contributed by atoms with Gasteiger partial charge in [0.05, 0.1) is 23.6 Å². The summed E-state index contributed by atoms with van der Waals surface area (Å²) in [5, 5.41) is 33.7. The van der Waals surface area contributed by atoms with Crippen molar-refractivity contribution >= 4 is 77.2 Å². The number of nitrogens with two attached hydrogens (primary N) is 4. The van der Waals surface area contributed by atoms with Crippen LogP contribution in [0.25, 0.3) is 43.1 Å². The number of hydrogen-bond acceptors (Lipinski definition) is 8. The number of benzene rings is 6. The molecule has 10 N–H and O–H groups in total. The Labute approximate surface area is 408 Å². The Morgan fingerprint density at radius 2 is 0.588 bits per heavy atom. The van der Waals surface area contributed by atoms with Crippen molar-refractivity contribution in [2.75, 3.05) is 58.9 Å². The van der Waals surface area contributed by atoms with Crippen LogP contribution in [0.15, 0.2) is 72.8 Å². The van der Waals surface area contributed by atoms with Gasteiger partial charge in [-0.25, -0.2) is 0 Å². The number of aliphatic hydroxyl groups is 2. The Bertz CT molecular complexity index is 2230. The monoisotopic (exact) mass is 923 g/mol. The van der Waals surface area contributed by atoms with Crippen LogP contribution in [0.2, 0.25) is 0 Å². The second kappa shape index (κ2) is 24.6. The van der Waals surface area contributed by atoms with Crippen LogP contribution >= 0.6 is 0 Å². The predicted octanol–water partition coefficient (Wildman–Crippen LogP) is 14.7. The molecule has 0 unspecified atom stereocenters. The number of aliphatic hydroxyl groups excluding tert-OH is 2. The van der Waals surface area contributed by atoms with Gasteiger partial charge in [0.1, 0.15) is 0 Å². The fourth-order valence-corrected chi connectivity index (χ4v) is 11.8. The Hall–Kier alpha value is -4.92. The number of hydrogen-bond donors (Lipinski definition) is 6. The molecule has 7 rings (SSSR count). The summed E-state index contributed by atoms with van der Waals surface area (Å²) in [6.07, 6.45) is 22.0. The molecule has 0 radical (unpaired) electrons. The highest BCUT2D eigenvalue weighted by Crippen LogP contribution is 2.58. The Morgan fingerprint density at radius 3 is 0.824 bits per heavy atom. The van der Waals surface area contributed by atoms with Gasteiger partial charge in [0.25, 0.3) is 0 Å². The van der Waals surface area contributed by atoms with Gasteiger partial charge in [-0.3, -0.25) is 0 Å². The van der Waals surface area contributed by atoms with Gasteiger partial charge in [0.15, 0.2) is 0 Å². The average Bonchev–Trinajstić information content (AvgIpc) is 3.33. The van der Waals surface area contributed by atoms with Crippen molar-refractivity contribution in [2.24, 2.45) is 0 Å². The van der Waals surface area contributed by atoms with E-state index in [0.29, 0.717) is 22.7 Å². The highest BCUT2D eigenvalue weighted by atomic mass is 16.3. The van der Waals surface area contributed by atoms with E-state index < -0.39 is 24.0 Å². The Kier molecular flexibility index (Phi) is 18.4. The summed E-state index contributed by atoms with van der Waals surface area (Å²) < 4.78 is 0. The van der Waals surface area contributed by atoms with Crippen LogP contribution in [-0.2, 0) is 0 Å². The molecule has 0 aromatic heterocycles. The minimum Gasteiger partial charge on any atom is -0.398 e. The first-order valence-electron chi connectivity index (χ1n) is 27.1. The second-order valence-electron chi connectivity index (χ2n) is 20.3. The third-order valence-electron chi connectivity index (χ3n) is 15.4. The smallest absolute Gasteiger partial charge is 0.0728 e. The van der Waals surface area contributed by atoms with Crippen LogP contribution < -0.4 is 32.7 Å². The van der Waals surface area contributed by atoms with E-state index in [4.69, 9.17) is 22.9 Å². The average molecular weight is 923 g/mol. The van der Waals surface area contributed by atoms with Crippen LogP contribution in [0.3, 0.4) is 0 Å². The maximum absolute atomic E-state index is 13.0. The summed E-state index contributed by atoms with van der Waals surface area (Å²) in [5.41, 5.74) is 34.9. The van der Waals surface area contributed by atoms with E-state index in [1.165, 1.54) is 103 Å². The first-order valence-corrected chi connectivity index (χ1v) is 27.1. The minimum absolute atomic E-state index is 0.621. The van der Waals surface area contributed by atoms with Crippen molar-refractivity contribution in [3.63, 3.8) is 0 Å². The number of nitrogen functional groups attached to an aromatic ring is 4. The highest BCUT2D eigenvalue weighted by Gasteiger charge is 2.53. The van der Waals surface area contributed by atoms with Gasteiger partial charge < -0.3 is 42.9 Å². The van der Waals surface area contributed by atoms with E-state index in [0.717, 1.165) is 117 Å². The number of nitrogens with zero attached hydrogens (tertiary/aromatic N) is 2. The lowest BCUT2D eigenvalue weighted by Crippen LogP contribution is -2.52. The number of fused-ring (bicyclic) bond motifs is 4. The van der Waals surface area contributed by atoms with Crippen molar-refractivity contribution in [3.05, 3.63) is 83.9 Å². The van der Waals surface area contributed by atoms with Gasteiger partial charge in [-0.2, -0.15) is 0 Å². The first kappa shape index (κ1) is 50.9. The van der Waals surface area contributed by atoms with Crippen molar-refractivity contribution in [3.8, 4) is 0 Å². The van der Waals surface area contributed by atoms with Crippen molar-refractivity contribution in [2.45, 2.75) is 180 Å². The quantitative estimate of drug-likeness (QED) is 0.0162. The fraction of sp³-hybridized carbons (Fsp3) is 0.533. The second-order valence-corrected chi connectivity index (χ2v) is 20.3. The molecule has 8 heteroatoms. The maximum Gasteiger partial charge on any atom is 0.0728 e. The van der Waals surface area contributed by atoms with Gasteiger partial charge in [0.2, 0.25) is 0 Å². The highest BCUT2D eigenvalue weighted by molar-refractivity contribution is 6.22. The summed E-state index contributed by atoms with van der Waals surface area (Å²) in [6, 6.07) is 24.7. The molecular formula is C60H86N6O2. The molecule has 1 aliphatic carbocycles. The van der Waals surface area contributed by atoms with Gasteiger partial charge >= 0.3 is 0 Å².